The average molecular weight is 405 g/mol. The third-order valence-electron chi connectivity index (χ3n) is 5.40. The highest BCUT2D eigenvalue weighted by molar-refractivity contribution is 6.22. The molecule has 152 valence electrons. The zero-order chi connectivity index (χ0) is 21.4. The third kappa shape index (κ3) is 3.06. The molecular weight excluding hydrogens is 388 g/mol. The first-order valence-corrected chi connectivity index (χ1v) is 9.55. The number of benzene rings is 2. The number of aliphatic carboxylic acids is 1. The summed E-state index contributed by atoms with van der Waals surface area (Å²) >= 11 is 0. The van der Waals surface area contributed by atoms with Gasteiger partial charge in [-0.25, -0.2) is 0 Å². The van der Waals surface area contributed by atoms with E-state index in [1.54, 1.807) is 36.4 Å². The van der Waals surface area contributed by atoms with Crippen LogP contribution in [0.3, 0.4) is 0 Å². The lowest BCUT2D eigenvalue weighted by molar-refractivity contribution is -0.310. The molecule has 0 radical (unpaired) electrons. The number of carbonyl (C=O) groups is 5. The lowest BCUT2D eigenvalue weighted by atomic mass is 10.1. The molecule has 0 saturated heterocycles. The van der Waals surface area contributed by atoms with Gasteiger partial charge in [0.25, 0.3) is 23.6 Å². The second kappa shape index (κ2) is 7.55. The molecule has 2 aliphatic rings. The van der Waals surface area contributed by atoms with Crippen molar-refractivity contribution in [2.75, 3.05) is 6.54 Å². The zero-order valence-corrected chi connectivity index (χ0v) is 15.9. The fourth-order valence-electron chi connectivity index (χ4n) is 3.89. The Morgan fingerprint density at radius 1 is 0.733 bits per heavy atom. The van der Waals surface area contributed by atoms with E-state index in [0.717, 1.165) is 9.80 Å². The van der Waals surface area contributed by atoms with E-state index in [4.69, 9.17) is 0 Å². The maximum absolute atomic E-state index is 12.5. The van der Waals surface area contributed by atoms with Gasteiger partial charge in [0.15, 0.2) is 0 Å². The van der Waals surface area contributed by atoms with Crippen molar-refractivity contribution in [1.29, 1.82) is 0 Å². The van der Waals surface area contributed by atoms with E-state index in [9.17, 15) is 29.1 Å². The molecule has 30 heavy (non-hydrogen) atoms. The third-order valence-corrected chi connectivity index (χ3v) is 5.40. The summed E-state index contributed by atoms with van der Waals surface area (Å²) in [4.78, 5) is 63.3. The van der Waals surface area contributed by atoms with Crippen LogP contribution in [0.5, 0.6) is 0 Å². The van der Waals surface area contributed by atoms with Gasteiger partial charge in [0.05, 0.1) is 34.3 Å². The fourth-order valence-corrected chi connectivity index (χ4v) is 3.89. The van der Waals surface area contributed by atoms with Crippen molar-refractivity contribution in [3.8, 4) is 0 Å². The molecular formula is C22H17N2O6-. The molecule has 0 aliphatic carbocycles. The van der Waals surface area contributed by atoms with Crippen molar-refractivity contribution in [3.05, 3.63) is 70.8 Å². The van der Waals surface area contributed by atoms with Crippen molar-refractivity contribution >= 4 is 29.6 Å². The van der Waals surface area contributed by atoms with Crippen molar-refractivity contribution in [2.24, 2.45) is 0 Å². The molecule has 2 heterocycles. The van der Waals surface area contributed by atoms with E-state index in [-0.39, 0.29) is 42.3 Å². The molecule has 2 aromatic carbocycles. The van der Waals surface area contributed by atoms with Crippen LogP contribution in [0.1, 0.15) is 60.7 Å². The standard InChI is InChI=1S/C22H18N2O6/c25-18-13-7-1-2-8-14(13)19(26)23(18)12-6-5-11-17(22(29)30)24-20(27)15-9-3-4-10-16(15)21(24)28/h1-4,7-10,17H,5-6,11-12H2,(H,29,30)/p-1/t17-/m0/s1. The van der Waals surface area contributed by atoms with E-state index in [1.165, 1.54) is 12.1 Å². The van der Waals surface area contributed by atoms with Crippen LogP contribution in [0.25, 0.3) is 0 Å². The number of rotatable bonds is 7. The van der Waals surface area contributed by atoms with Crippen LogP contribution in [0.2, 0.25) is 0 Å². The Kier molecular flexibility index (Phi) is 4.91. The predicted octanol–water partition coefficient (Wildman–Crippen LogP) is 0.868. The molecule has 2 aromatic rings. The molecule has 0 aromatic heterocycles. The normalized spacial score (nSPS) is 16.1. The average Bonchev–Trinajstić information content (AvgIpc) is 3.14. The Labute approximate surface area is 171 Å². The molecule has 0 unspecified atom stereocenters. The Balaban J connectivity index is 1.39. The molecule has 8 heteroatoms. The Morgan fingerprint density at radius 2 is 1.17 bits per heavy atom. The summed E-state index contributed by atoms with van der Waals surface area (Å²) in [6.07, 6.45) is 0.578. The first-order chi connectivity index (χ1) is 14.4. The van der Waals surface area contributed by atoms with Gasteiger partial charge in [0.2, 0.25) is 0 Å². The van der Waals surface area contributed by atoms with Crippen molar-refractivity contribution < 1.29 is 29.1 Å². The summed E-state index contributed by atoms with van der Waals surface area (Å²) in [6, 6.07) is 11.3. The molecule has 0 saturated carbocycles. The minimum absolute atomic E-state index is 0.0308. The maximum atomic E-state index is 12.5. The molecule has 2 aliphatic heterocycles. The molecule has 1 atom stereocenters. The number of hydrogen-bond donors (Lipinski definition) is 0. The Hall–Kier alpha value is -3.81. The van der Waals surface area contributed by atoms with Gasteiger partial charge in [-0.2, -0.15) is 0 Å². The number of hydrogen-bond acceptors (Lipinski definition) is 6. The molecule has 0 fully saturated rings. The van der Waals surface area contributed by atoms with Crippen LogP contribution in [0.4, 0.5) is 0 Å². The molecule has 4 rings (SSSR count). The zero-order valence-electron chi connectivity index (χ0n) is 15.9. The van der Waals surface area contributed by atoms with Gasteiger partial charge in [0, 0.05) is 6.54 Å². The van der Waals surface area contributed by atoms with Gasteiger partial charge in [-0.05, 0) is 43.5 Å². The van der Waals surface area contributed by atoms with Crippen LogP contribution in [-0.4, -0.2) is 52.0 Å². The maximum Gasteiger partial charge on any atom is 0.262 e. The monoisotopic (exact) mass is 405 g/mol. The number of nitrogens with zero attached hydrogens (tertiary/aromatic N) is 2. The van der Waals surface area contributed by atoms with Gasteiger partial charge in [-0.1, -0.05) is 24.3 Å². The topological polar surface area (TPSA) is 115 Å². The van der Waals surface area contributed by atoms with Gasteiger partial charge in [-0.3, -0.25) is 29.0 Å². The van der Waals surface area contributed by atoms with Gasteiger partial charge in [-0.15, -0.1) is 0 Å². The van der Waals surface area contributed by atoms with Crippen LogP contribution in [-0.2, 0) is 4.79 Å². The van der Waals surface area contributed by atoms with Gasteiger partial charge >= 0.3 is 0 Å². The number of carboxylic acid groups (broad SMARTS) is 1. The molecule has 0 spiro atoms. The van der Waals surface area contributed by atoms with Crippen LogP contribution in [0, 0.1) is 0 Å². The summed E-state index contributed by atoms with van der Waals surface area (Å²) < 4.78 is 0. The molecule has 0 N–H and O–H groups in total. The number of carboxylic acids is 1. The highest BCUT2D eigenvalue weighted by Gasteiger charge is 2.40. The highest BCUT2D eigenvalue weighted by Crippen LogP contribution is 2.27. The number of amides is 4. The van der Waals surface area contributed by atoms with Crippen LogP contribution >= 0.6 is 0 Å². The van der Waals surface area contributed by atoms with E-state index >= 15 is 0 Å². The minimum atomic E-state index is -1.52. The molecule has 4 amide bonds. The highest BCUT2D eigenvalue weighted by atomic mass is 16.4. The van der Waals surface area contributed by atoms with Crippen molar-refractivity contribution in [2.45, 2.75) is 25.3 Å². The van der Waals surface area contributed by atoms with Crippen molar-refractivity contribution in [3.63, 3.8) is 0 Å². The Morgan fingerprint density at radius 3 is 1.60 bits per heavy atom. The van der Waals surface area contributed by atoms with Crippen LogP contribution < -0.4 is 5.11 Å². The number of fused-ring (bicyclic) bond motifs is 2. The lowest BCUT2D eigenvalue weighted by Crippen LogP contribution is -2.50. The summed E-state index contributed by atoms with van der Waals surface area (Å²) in [5.41, 5.74) is 1.03. The second-order valence-corrected chi connectivity index (χ2v) is 7.16. The number of imide groups is 2. The number of unbranched alkanes of at least 4 members (excludes halogenated alkanes) is 1. The summed E-state index contributed by atoms with van der Waals surface area (Å²) in [6.45, 7) is 0.119. The largest absolute Gasteiger partial charge is 0.548 e. The summed E-state index contributed by atoms with van der Waals surface area (Å²) in [5, 5.41) is 11.7. The number of carbonyl (C=O) groups excluding carboxylic acids is 5. The van der Waals surface area contributed by atoms with Gasteiger partial charge < -0.3 is 9.90 Å². The van der Waals surface area contributed by atoms with E-state index in [2.05, 4.69) is 0 Å². The second-order valence-electron chi connectivity index (χ2n) is 7.16. The fraction of sp³-hybridized carbons (Fsp3) is 0.227. The quantitative estimate of drug-likeness (QED) is 0.499. The van der Waals surface area contributed by atoms with E-state index in [1.807, 2.05) is 0 Å². The van der Waals surface area contributed by atoms with E-state index < -0.39 is 23.8 Å². The van der Waals surface area contributed by atoms with E-state index in [0.29, 0.717) is 17.5 Å². The lowest BCUT2D eigenvalue weighted by Gasteiger charge is -2.27. The smallest absolute Gasteiger partial charge is 0.262 e. The predicted molar refractivity (Wildman–Crippen MR) is 101 cm³/mol. The minimum Gasteiger partial charge on any atom is -0.548 e. The van der Waals surface area contributed by atoms with Gasteiger partial charge in [0.1, 0.15) is 0 Å². The summed E-state index contributed by atoms with van der Waals surface area (Å²) in [7, 11) is 0. The molecule has 8 nitrogen and oxygen atoms in total. The van der Waals surface area contributed by atoms with Crippen molar-refractivity contribution in [1.82, 2.24) is 9.80 Å². The first-order valence-electron chi connectivity index (χ1n) is 9.55. The SMILES string of the molecule is O=C([O-])[C@H](CCCCN1C(=O)c2ccccc2C1=O)N1C(=O)c2ccccc2C1=O. The molecule has 0 bridgehead atoms. The Bertz CT molecular complexity index is 1020. The first kappa shape index (κ1) is 19.5. The van der Waals surface area contributed by atoms with Crippen LogP contribution in [0.15, 0.2) is 48.5 Å². The summed E-state index contributed by atoms with van der Waals surface area (Å²) in [5.74, 6) is -3.61.